The van der Waals surface area contributed by atoms with Gasteiger partial charge in [0.1, 0.15) is 5.75 Å². The maximum atomic E-state index is 6.35. The molecule has 0 saturated carbocycles. The van der Waals surface area contributed by atoms with Gasteiger partial charge in [-0.25, -0.2) is 0 Å². The molecular formula is C16H15BrCl2O. The van der Waals surface area contributed by atoms with E-state index in [2.05, 4.69) is 41.1 Å². The molecule has 0 saturated heterocycles. The van der Waals surface area contributed by atoms with Gasteiger partial charge < -0.3 is 4.74 Å². The van der Waals surface area contributed by atoms with E-state index in [0.29, 0.717) is 22.4 Å². The molecule has 1 nitrogen and oxygen atoms in total. The molecule has 2 aromatic carbocycles. The summed E-state index contributed by atoms with van der Waals surface area (Å²) >= 11 is 16.3. The third-order valence-electron chi connectivity index (χ3n) is 2.96. The molecule has 0 bridgehead atoms. The summed E-state index contributed by atoms with van der Waals surface area (Å²) in [6.07, 6.45) is 0. The van der Waals surface area contributed by atoms with Crippen molar-refractivity contribution in [1.82, 2.24) is 0 Å². The van der Waals surface area contributed by atoms with Crippen LogP contribution in [0.5, 0.6) is 5.75 Å². The van der Waals surface area contributed by atoms with Crippen LogP contribution in [0.4, 0.5) is 0 Å². The smallest absolute Gasteiger partial charge is 0.139 e. The fraction of sp³-hybridized carbons (Fsp3) is 0.250. The summed E-state index contributed by atoms with van der Waals surface area (Å²) in [5.74, 6) is 0.617. The van der Waals surface area contributed by atoms with E-state index in [1.807, 2.05) is 19.1 Å². The Balaban J connectivity index is 2.40. The van der Waals surface area contributed by atoms with Crippen molar-refractivity contribution in [1.29, 1.82) is 0 Å². The van der Waals surface area contributed by atoms with Crippen molar-refractivity contribution in [2.45, 2.75) is 18.7 Å². The molecule has 2 rings (SSSR count). The van der Waals surface area contributed by atoms with Gasteiger partial charge in [0.25, 0.3) is 0 Å². The van der Waals surface area contributed by atoms with Crippen molar-refractivity contribution < 1.29 is 4.74 Å². The molecule has 0 aliphatic heterocycles. The Morgan fingerprint density at radius 3 is 2.55 bits per heavy atom. The zero-order valence-electron chi connectivity index (χ0n) is 11.3. The highest BCUT2D eigenvalue weighted by molar-refractivity contribution is 9.09. The molecule has 0 aliphatic rings. The molecule has 20 heavy (non-hydrogen) atoms. The van der Waals surface area contributed by atoms with Gasteiger partial charge in [-0.3, -0.25) is 0 Å². The zero-order valence-corrected chi connectivity index (χ0v) is 14.4. The molecule has 1 atom stereocenters. The van der Waals surface area contributed by atoms with Gasteiger partial charge in [-0.1, -0.05) is 69.0 Å². The zero-order chi connectivity index (χ0) is 14.7. The van der Waals surface area contributed by atoms with Crippen LogP contribution in [0, 0.1) is 6.92 Å². The number of hydrogen-bond acceptors (Lipinski definition) is 1. The first-order chi connectivity index (χ1) is 9.52. The Labute approximate surface area is 138 Å². The lowest BCUT2D eigenvalue weighted by Crippen LogP contribution is -1.97. The van der Waals surface area contributed by atoms with Gasteiger partial charge in [0.2, 0.25) is 0 Å². The van der Waals surface area contributed by atoms with Crippen LogP contribution in [-0.2, 0) is 0 Å². The molecule has 0 fully saturated rings. The number of ether oxygens (including phenoxy) is 1. The van der Waals surface area contributed by atoms with Gasteiger partial charge in [-0.15, -0.1) is 0 Å². The van der Waals surface area contributed by atoms with Crippen LogP contribution in [0.25, 0.3) is 0 Å². The van der Waals surface area contributed by atoms with Crippen LogP contribution in [-0.4, -0.2) is 6.61 Å². The highest BCUT2D eigenvalue weighted by atomic mass is 79.9. The van der Waals surface area contributed by atoms with E-state index in [1.54, 1.807) is 6.07 Å². The standard InChI is InChI=1S/C16H15BrCl2O/c1-3-20-15-9-13(18)12(8-14(15)19)16(17)11-6-4-5-10(2)7-11/h4-9,16H,3H2,1-2H3. The van der Waals surface area contributed by atoms with Crippen LogP contribution in [0.2, 0.25) is 10.0 Å². The van der Waals surface area contributed by atoms with E-state index in [0.717, 1.165) is 11.1 Å². The van der Waals surface area contributed by atoms with Crippen molar-refractivity contribution in [2.24, 2.45) is 0 Å². The largest absolute Gasteiger partial charge is 0.492 e. The summed E-state index contributed by atoms with van der Waals surface area (Å²) in [6.45, 7) is 4.54. The first kappa shape index (κ1) is 15.7. The predicted molar refractivity (Wildman–Crippen MR) is 89.6 cm³/mol. The average Bonchev–Trinajstić information content (AvgIpc) is 2.42. The molecule has 2 aromatic rings. The van der Waals surface area contributed by atoms with Crippen LogP contribution in [0.15, 0.2) is 36.4 Å². The molecule has 0 amide bonds. The third kappa shape index (κ3) is 3.49. The molecule has 4 heteroatoms. The molecule has 0 heterocycles. The molecule has 0 spiro atoms. The van der Waals surface area contributed by atoms with Crippen molar-refractivity contribution in [3.8, 4) is 5.75 Å². The van der Waals surface area contributed by atoms with Gasteiger partial charge in [0.15, 0.2) is 0 Å². The van der Waals surface area contributed by atoms with Gasteiger partial charge >= 0.3 is 0 Å². The lowest BCUT2D eigenvalue weighted by atomic mass is 10.0. The molecule has 1 unspecified atom stereocenters. The van der Waals surface area contributed by atoms with Gasteiger partial charge in [-0.2, -0.15) is 0 Å². The van der Waals surface area contributed by atoms with E-state index in [9.17, 15) is 0 Å². The third-order valence-corrected chi connectivity index (χ3v) is 4.60. The highest BCUT2D eigenvalue weighted by Gasteiger charge is 2.17. The molecule has 0 aliphatic carbocycles. The van der Waals surface area contributed by atoms with E-state index < -0.39 is 0 Å². The monoisotopic (exact) mass is 372 g/mol. The van der Waals surface area contributed by atoms with E-state index in [4.69, 9.17) is 27.9 Å². The fourth-order valence-electron chi connectivity index (χ4n) is 2.01. The first-order valence-corrected chi connectivity index (χ1v) is 8.02. The van der Waals surface area contributed by atoms with E-state index in [-0.39, 0.29) is 4.83 Å². The number of benzene rings is 2. The maximum Gasteiger partial charge on any atom is 0.139 e. The Kier molecular flexibility index (Phi) is 5.36. The van der Waals surface area contributed by atoms with E-state index in [1.165, 1.54) is 5.56 Å². The molecule has 0 aromatic heterocycles. The summed E-state index contributed by atoms with van der Waals surface area (Å²) in [6, 6.07) is 11.9. The minimum atomic E-state index is 0.00285. The lowest BCUT2D eigenvalue weighted by molar-refractivity contribution is 0.340. The minimum Gasteiger partial charge on any atom is -0.492 e. The predicted octanol–water partition coefficient (Wildman–Crippen LogP) is 6.18. The number of halogens is 3. The van der Waals surface area contributed by atoms with Crippen molar-refractivity contribution >= 4 is 39.1 Å². The number of alkyl halides is 1. The van der Waals surface area contributed by atoms with Gasteiger partial charge in [0, 0.05) is 11.1 Å². The Bertz CT molecular complexity index is 613. The van der Waals surface area contributed by atoms with Crippen molar-refractivity contribution in [3.63, 3.8) is 0 Å². The topological polar surface area (TPSA) is 9.23 Å². The summed E-state index contributed by atoms with van der Waals surface area (Å²) in [7, 11) is 0. The van der Waals surface area contributed by atoms with Gasteiger partial charge in [-0.05, 0) is 31.0 Å². The number of hydrogen-bond donors (Lipinski definition) is 0. The fourth-order valence-corrected chi connectivity index (χ4v) is 3.30. The summed E-state index contributed by atoms with van der Waals surface area (Å²) in [4.78, 5) is 0.00285. The van der Waals surface area contributed by atoms with Crippen LogP contribution in [0.3, 0.4) is 0 Å². The quantitative estimate of drug-likeness (QED) is 0.581. The van der Waals surface area contributed by atoms with Crippen molar-refractivity contribution in [2.75, 3.05) is 6.61 Å². The lowest BCUT2D eigenvalue weighted by Gasteiger charge is -2.15. The molecule has 106 valence electrons. The maximum absolute atomic E-state index is 6.35. The first-order valence-electron chi connectivity index (χ1n) is 6.35. The second-order valence-corrected chi connectivity index (χ2v) is 6.24. The van der Waals surface area contributed by atoms with Crippen LogP contribution >= 0.6 is 39.1 Å². The number of aryl methyl sites for hydroxylation is 1. The Morgan fingerprint density at radius 1 is 1.15 bits per heavy atom. The highest BCUT2D eigenvalue weighted by Crippen LogP contribution is 2.40. The average molecular weight is 374 g/mol. The van der Waals surface area contributed by atoms with Gasteiger partial charge in [0.05, 0.1) is 16.5 Å². The van der Waals surface area contributed by atoms with Crippen LogP contribution < -0.4 is 4.74 Å². The second kappa shape index (κ2) is 6.84. The number of rotatable bonds is 4. The SMILES string of the molecule is CCOc1cc(Cl)c(C(Br)c2cccc(C)c2)cc1Cl. The normalized spacial score (nSPS) is 12.2. The van der Waals surface area contributed by atoms with Crippen LogP contribution in [0.1, 0.15) is 28.4 Å². The molecular weight excluding hydrogens is 359 g/mol. The Hall–Kier alpha value is -0.700. The van der Waals surface area contributed by atoms with E-state index >= 15 is 0 Å². The Morgan fingerprint density at radius 2 is 1.90 bits per heavy atom. The molecule has 0 radical (unpaired) electrons. The minimum absolute atomic E-state index is 0.00285. The molecule has 0 N–H and O–H groups in total. The second-order valence-electron chi connectivity index (χ2n) is 4.51. The summed E-state index contributed by atoms with van der Waals surface area (Å²) in [5, 5.41) is 1.21. The summed E-state index contributed by atoms with van der Waals surface area (Å²) in [5.41, 5.74) is 3.29. The summed E-state index contributed by atoms with van der Waals surface area (Å²) < 4.78 is 5.45. The van der Waals surface area contributed by atoms with Crippen molar-refractivity contribution in [3.05, 3.63) is 63.1 Å².